The third kappa shape index (κ3) is 4.42. The highest BCUT2D eigenvalue weighted by Crippen LogP contribution is 2.38. The minimum absolute atomic E-state index is 0.118. The summed E-state index contributed by atoms with van der Waals surface area (Å²) in [6, 6.07) is 16.4. The Morgan fingerprint density at radius 1 is 1.12 bits per heavy atom. The molecule has 33 heavy (non-hydrogen) atoms. The smallest absolute Gasteiger partial charge is 0.264 e. The molecule has 5 rings (SSSR count). The summed E-state index contributed by atoms with van der Waals surface area (Å²) in [5.41, 5.74) is 2.25. The molecule has 1 aliphatic rings. The normalized spacial score (nSPS) is 20.7. The van der Waals surface area contributed by atoms with Crippen LogP contribution in [0.4, 0.5) is 4.39 Å². The standard InChI is InChI=1S/C24H20ClFN4O2S/c25-17-7-3-16(4-8-17)20-12-21(22(31)14-29(20)24(32)23-2-1-11-33-23)30-13-19(27-28-30)15-5-9-18(26)10-6-15/h1-11,13,20-22,31H,12,14H2/t20-,21+,22-/m1/s1. The van der Waals surface area contributed by atoms with Crippen molar-refractivity contribution in [3.63, 3.8) is 0 Å². The van der Waals surface area contributed by atoms with Crippen molar-refractivity contribution in [2.75, 3.05) is 6.54 Å². The molecule has 0 aliphatic carbocycles. The lowest BCUT2D eigenvalue weighted by molar-refractivity contribution is -0.00382. The van der Waals surface area contributed by atoms with Crippen LogP contribution in [0, 0.1) is 5.82 Å². The van der Waals surface area contributed by atoms with E-state index >= 15 is 0 Å². The van der Waals surface area contributed by atoms with Crippen LogP contribution in [-0.2, 0) is 0 Å². The number of rotatable bonds is 4. The molecule has 1 N–H and O–H groups in total. The largest absolute Gasteiger partial charge is 0.389 e. The number of benzene rings is 2. The highest BCUT2D eigenvalue weighted by Gasteiger charge is 2.40. The van der Waals surface area contributed by atoms with Crippen molar-refractivity contribution in [1.29, 1.82) is 0 Å². The molecule has 4 aromatic rings. The van der Waals surface area contributed by atoms with Crippen LogP contribution in [-0.4, -0.2) is 43.6 Å². The summed E-state index contributed by atoms with van der Waals surface area (Å²) in [5, 5.41) is 21.9. The van der Waals surface area contributed by atoms with E-state index in [-0.39, 0.29) is 30.4 Å². The van der Waals surface area contributed by atoms with Crippen molar-refractivity contribution >= 4 is 28.8 Å². The highest BCUT2D eigenvalue weighted by atomic mass is 35.5. The fourth-order valence-electron chi connectivity index (χ4n) is 4.21. The van der Waals surface area contributed by atoms with Gasteiger partial charge in [0.25, 0.3) is 5.91 Å². The van der Waals surface area contributed by atoms with E-state index in [1.54, 1.807) is 46.1 Å². The van der Waals surface area contributed by atoms with Crippen LogP contribution >= 0.6 is 22.9 Å². The van der Waals surface area contributed by atoms with E-state index in [9.17, 15) is 14.3 Å². The Morgan fingerprint density at radius 2 is 1.88 bits per heavy atom. The Bertz CT molecular complexity index is 1240. The van der Waals surface area contributed by atoms with E-state index in [0.717, 1.165) is 11.1 Å². The van der Waals surface area contributed by atoms with Crippen molar-refractivity contribution in [2.24, 2.45) is 0 Å². The topological polar surface area (TPSA) is 71.2 Å². The summed E-state index contributed by atoms with van der Waals surface area (Å²) in [5.74, 6) is -0.441. The van der Waals surface area contributed by atoms with Gasteiger partial charge in [0.05, 0.1) is 29.3 Å². The van der Waals surface area contributed by atoms with Crippen molar-refractivity contribution < 1.29 is 14.3 Å². The first-order valence-corrected chi connectivity index (χ1v) is 11.7. The number of thiophene rings is 1. The first kappa shape index (κ1) is 21.8. The summed E-state index contributed by atoms with van der Waals surface area (Å²) < 4.78 is 14.9. The van der Waals surface area contributed by atoms with Gasteiger partial charge in [0.15, 0.2) is 0 Å². The number of carbonyl (C=O) groups excluding carboxylic acids is 1. The number of piperidine rings is 1. The molecule has 0 radical (unpaired) electrons. The van der Waals surface area contributed by atoms with Crippen LogP contribution in [0.25, 0.3) is 11.3 Å². The fraction of sp³-hybridized carbons (Fsp3) is 0.208. The Labute approximate surface area is 198 Å². The number of aliphatic hydroxyl groups is 1. The molecular weight excluding hydrogens is 463 g/mol. The molecular formula is C24H20ClFN4O2S. The molecule has 1 amide bonds. The average molecular weight is 483 g/mol. The first-order valence-electron chi connectivity index (χ1n) is 10.5. The van der Waals surface area contributed by atoms with Gasteiger partial charge in [-0.3, -0.25) is 4.79 Å². The van der Waals surface area contributed by atoms with Crippen LogP contribution < -0.4 is 0 Å². The van der Waals surface area contributed by atoms with Crippen LogP contribution in [0.5, 0.6) is 0 Å². The number of β-amino-alcohol motifs (C(OH)–C–C–N with tert-alkyl or cyclic N) is 1. The van der Waals surface area contributed by atoms with Gasteiger partial charge in [0.1, 0.15) is 11.5 Å². The molecule has 168 valence electrons. The Hall–Kier alpha value is -3.07. The van der Waals surface area contributed by atoms with Gasteiger partial charge in [-0.15, -0.1) is 16.4 Å². The van der Waals surface area contributed by atoms with E-state index in [0.29, 0.717) is 22.0 Å². The number of hydrogen-bond donors (Lipinski definition) is 1. The molecule has 6 nitrogen and oxygen atoms in total. The molecule has 1 fully saturated rings. The van der Waals surface area contributed by atoms with Gasteiger partial charge in [0, 0.05) is 17.1 Å². The molecule has 2 aromatic heterocycles. The molecule has 9 heteroatoms. The second kappa shape index (κ2) is 9.05. The lowest BCUT2D eigenvalue weighted by atomic mass is 9.90. The van der Waals surface area contributed by atoms with Gasteiger partial charge in [0.2, 0.25) is 0 Å². The van der Waals surface area contributed by atoms with E-state index in [1.165, 1.54) is 23.5 Å². The van der Waals surface area contributed by atoms with Crippen LogP contribution in [0.3, 0.4) is 0 Å². The van der Waals surface area contributed by atoms with Gasteiger partial charge in [-0.05, 0) is 59.8 Å². The number of carbonyl (C=O) groups is 1. The molecule has 1 aliphatic heterocycles. The molecule has 3 atom stereocenters. The lowest BCUT2D eigenvalue weighted by Gasteiger charge is -2.42. The number of halogens is 2. The quantitative estimate of drug-likeness (QED) is 0.445. The molecule has 0 saturated carbocycles. The number of nitrogens with zero attached hydrogens (tertiary/aromatic N) is 4. The van der Waals surface area contributed by atoms with Gasteiger partial charge >= 0.3 is 0 Å². The number of likely N-dealkylation sites (tertiary alicyclic amines) is 1. The van der Waals surface area contributed by atoms with E-state index in [2.05, 4.69) is 10.3 Å². The Morgan fingerprint density at radius 3 is 2.58 bits per heavy atom. The predicted molar refractivity (Wildman–Crippen MR) is 125 cm³/mol. The molecule has 3 heterocycles. The minimum atomic E-state index is -0.833. The second-order valence-corrected chi connectivity index (χ2v) is 9.35. The summed E-state index contributed by atoms with van der Waals surface area (Å²) in [6.45, 7) is 0.153. The maximum absolute atomic E-state index is 13.3. The van der Waals surface area contributed by atoms with Crippen LogP contribution in [0.15, 0.2) is 72.2 Å². The zero-order valence-corrected chi connectivity index (χ0v) is 19.0. The van der Waals surface area contributed by atoms with E-state index in [4.69, 9.17) is 11.6 Å². The Kier molecular flexibility index (Phi) is 5.97. The van der Waals surface area contributed by atoms with Crippen molar-refractivity contribution in [1.82, 2.24) is 19.9 Å². The minimum Gasteiger partial charge on any atom is -0.389 e. The maximum atomic E-state index is 13.3. The lowest BCUT2D eigenvalue weighted by Crippen LogP contribution is -2.49. The summed E-state index contributed by atoms with van der Waals surface area (Å²) in [4.78, 5) is 15.6. The Balaban J connectivity index is 1.46. The third-order valence-electron chi connectivity index (χ3n) is 5.91. The van der Waals surface area contributed by atoms with Crippen molar-refractivity contribution in [3.05, 3.63) is 93.5 Å². The fourth-order valence-corrected chi connectivity index (χ4v) is 5.01. The number of amides is 1. The number of hydrogen-bond acceptors (Lipinski definition) is 5. The highest BCUT2D eigenvalue weighted by molar-refractivity contribution is 7.12. The summed E-state index contributed by atoms with van der Waals surface area (Å²) >= 11 is 7.46. The first-order chi connectivity index (χ1) is 16.0. The van der Waals surface area contributed by atoms with E-state index < -0.39 is 6.10 Å². The second-order valence-electron chi connectivity index (χ2n) is 7.96. The van der Waals surface area contributed by atoms with Gasteiger partial charge < -0.3 is 10.0 Å². The van der Waals surface area contributed by atoms with Gasteiger partial charge in [-0.1, -0.05) is 35.0 Å². The number of aliphatic hydroxyl groups excluding tert-OH is 1. The zero-order valence-electron chi connectivity index (χ0n) is 17.4. The van der Waals surface area contributed by atoms with Crippen LogP contribution in [0.1, 0.15) is 33.7 Å². The molecule has 0 unspecified atom stereocenters. The average Bonchev–Trinajstić information content (AvgIpc) is 3.52. The van der Waals surface area contributed by atoms with Gasteiger partial charge in [-0.2, -0.15) is 0 Å². The van der Waals surface area contributed by atoms with Crippen LogP contribution in [0.2, 0.25) is 5.02 Å². The number of aromatic nitrogens is 3. The van der Waals surface area contributed by atoms with Crippen molar-refractivity contribution in [2.45, 2.75) is 24.6 Å². The molecule has 1 saturated heterocycles. The van der Waals surface area contributed by atoms with E-state index in [1.807, 2.05) is 23.6 Å². The molecule has 0 bridgehead atoms. The zero-order chi connectivity index (χ0) is 22.9. The molecule has 0 spiro atoms. The van der Waals surface area contributed by atoms with Crippen molar-refractivity contribution in [3.8, 4) is 11.3 Å². The molecule has 2 aromatic carbocycles. The summed E-state index contributed by atoms with van der Waals surface area (Å²) in [7, 11) is 0. The maximum Gasteiger partial charge on any atom is 0.264 e. The predicted octanol–water partition coefficient (Wildman–Crippen LogP) is 4.99. The van der Waals surface area contributed by atoms with Gasteiger partial charge in [-0.25, -0.2) is 9.07 Å². The summed E-state index contributed by atoms with van der Waals surface area (Å²) in [6.07, 6.45) is 1.36. The SMILES string of the molecule is O=C(c1cccs1)N1C[C@@H](O)[C@@H](n2cc(-c3ccc(F)cc3)nn2)C[C@@H]1c1ccc(Cl)cc1. The monoisotopic (exact) mass is 482 g/mol. The third-order valence-corrected chi connectivity index (χ3v) is 7.02.